The Balaban J connectivity index is 1.63. The van der Waals surface area contributed by atoms with Gasteiger partial charge in [0, 0.05) is 32.5 Å². The second-order valence-corrected chi connectivity index (χ2v) is 4.75. The second-order valence-electron chi connectivity index (χ2n) is 4.75. The van der Waals surface area contributed by atoms with Crippen LogP contribution in [0.25, 0.3) is 11.0 Å². The zero-order valence-electron chi connectivity index (χ0n) is 10.5. The standard InChI is InChI=1S/C12H13N7/c1-17-11-10(5-16-17)12(14-8-13-11)18-6-9(7-18)19-4-2-3-15-19/h2-5,8-9H,6-7H2,1H3. The fraction of sp³-hybridized carbons (Fsp3) is 0.333. The van der Waals surface area contributed by atoms with Crippen LogP contribution in [0.15, 0.2) is 31.0 Å². The zero-order chi connectivity index (χ0) is 12.8. The van der Waals surface area contributed by atoms with Gasteiger partial charge in [-0.25, -0.2) is 9.97 Å². The summed E-state index contributed by atoms with van der Waals surface area (Å²) in [6, 6.07) is 2.38. The third-order valence-electron chi connectivity index (χ3n) is 3.57. The summed E-state index contributed by atoms with van der Waals surface area (Å²) in [5.74, 6) is 0.960. The van der Waals surface area contributed by atoms with Crippen molar-refractivity contribution in [2.45, 2.75) is 6.04 Å². The van der Waals surface area contributed by atoms with E-state index in [0.29, 0.717) is 6.04 Å². The molecule has 1 fully saturated rings. The van der Waals surface area contributed by atoms with E-state index in [4.69, 9.17) is 0 Å². The topological polar surface area (TPSA) is 64.7 Å². The van der Waals surface area contributed by atoms with E-state index in [0.717, 1.165) is 29.9 Å². The monoisotopic (exact) mass is 255 g/mol. The third kappa shape index (κ3) is 1.51. The first kappa shape index (κ1) is 10.5. The van der Waals surface area contributed by atoms with Crippen LogP contribution in [0.4, 0.5) is 5.82 Å². The van der Waals surface area contributed by atoms with Crippen molar-refractivity contribution in [3.05, 3.63) is 31.0 Å². The van der Waals surface area contributed by atoms with Gasteiger partial charge in [-0.3, -0.25) is 9.36 Å². The van der Waals surface area contributed by atoms with Crippen molar-refractivity contribution in [1.82, 2.24) is 29.5 Å². The molecule has 1 aliphatic heterocycles. The van der Waals surface area contributed by atoms with Crippen LogP contribution in [0, 0.1) is 0 Å². The van der Waals surface area contributed by atoms with Crippen LogP contribution < -0.4 is 4.90 Å². The average Bonchev–Trinajstić information content (AvgIpc) is 2.99. The molecule has 4 rings (SSSR count). The van der Waals surface area contributed by atoms with Gasteiger partial charge in [0.15, 0.2) is 5.65 Å². The normalized spacial score (nSPS) is 15.9. The maximum Gasteiger partial charge on any atom is 0.163 e. The molecular formula is C12H13N7. The van der Waals surface area contributed by atoms with Crippen LogP contribution in [0.3, 0.4) is 0 Å². The number of fused-ring (bicyclic) bond motifs is 1. The molecule has 0 spiro atoms. The number of rotatable bonds is 2. The lowest BCUT2D eigenvalue weighted by Gasteiger charge is -2.40. The van der Waals surface area contributed by atoms with Crippen LogP contribution in [0.5, 0.6) is 0 Å². The molecule has 3 aromatic rings. The number of hydrogen-bond donors (Lipinski definition) is 0. The lowest BCUT2D eigenvalue weighted by Crippen LogP contribution is -2.48. The minimum atomic E-state index is 0.427. The first-order valence-electron chi connectivity index (χ1n) is 6.20. The number of aromatic nitrogens is 6. The van der Waals surface area contributed by atoms with Crippen molar-refractivity contribution < 1.29 is 0 Å². The van der Waals surface area contributed by atoms with Gasteiger partial charge in [0.2, 0.25) is 0 Å². The molecule has 0 saturated carbocycles. The van der Waals surface area contributed by atoms with Gasteiger partial charge in [-0.2, -0.15) is 10.2 Å². The molecule has 0 N–H and O–H groups in total. The van der Waals surface area contributed by atoms with Crippen LogP contribution in [-0.4, -0.2) is 42.6 Å². The number of hydrogen-bond acceptors (Lipinski definition) is 5. The minimum absolute atomic E-state index is 0.427. The molecule has 0 amide bonds. The van der Waals surface area contributed by atoms with E-state index in [1.807, 2.05) is 36.4 Å². The molecule has 0 atom stereocenters. The summed E-state index contributed by atoms with van der Waals surface area (Å²) >= 11 is 0. The van der Waals surface area contributed by atoms with Crippen molar-refractivity contribution >= 4 is 16.9 Å². The highest BCUT2D eigenvalue weighted by atomic mass is 15.4. The van der Waals surface area contributed by atoms with Crippen LogP contribution >= 0.6 is 0 Å². The maximum absolute atomic E-state index is 4.39. The number of aryl methyl sites for hydroxylation is 1. The molecule has 0 radical (unpaired) electrons. The summed E-state index contributed by atoms with van der Waals surface area (Å²) in [6.45, 7) is 1.84. The highest BCUT2D eigenvalue weighted by Crippen LogP contribution is 2.30. The van der Waals surface area contributed by atoms with E-state index in [1.165, 1.54) is 0 Å². The van der Waals surface area contributed by atoms with Crippen molar-refractivity contribution in [1.29, 1.82) is 0 Å². The quantitative estimate of drug-likeness (QED) is 0.671. The van der Waals surface area contributed by atoms with E-state index in [-0.39, 0.29) is 0 Å². The molecule has 1 aliphatic rings. The van der Waals surface area contributed by atoms with Crippen molar-refractivity contribution in [3.63, 3.8) is 0 Å². The van der Waals surface area contributed by atoms with Crippen LogP contribution in [0.2, 0.25) is 0 Å². The Morgan fingerprint density at radius 2 is 2.11 bits per heavy atom. The molecule has 4 heterocycles. The lowest BCUT2D eigenvalue weighted by atomic mass is 10.1. The van der Waals surface area contributed by atoms with E-state index in [1.54, 1.807) is 11.0 Å². The first-order valence-corrected chi connectivity index (χ1v) is 6.20. The molecule has 1 saturated heterocycles. The Bertz CT molecular complexity index is 709. The molecular weight excluding hydrogens is 242 g/mol. The SMILES string of the molecule is Cn1ncc2c(N3CC(n4cccn4)C3)ncnc21. The van der Waals surface area contributed by atoms with Gasteiger partial charge in [-0.15, -0.1) is 0 Å². The number of anilines is 1. The summed E-state index contributed by atoms with van der Waals surface area (Å²) in [7, 11) is 1.89. The summed E-state index contributed by atoms with van der Waals surface area (Å²) in [5, 5.41) is 9.51. The van der Waals surface area contributed by atoms with Crippen molar-refractivity contribution in [2.75, 3.05) is 18.0 Å². The predicted molar refractivity (Wildman–Crippen MR) is 69.8 cm³/mol. The van der Waals surface area contributed by atoms with E-state index < -0.39 is 0 Å². The molecule has 0 unspecified atom stereocenters. The zero-order valence-corrected chi connectivity index (χ0v) is 10.5. The summed E-state index contributed by atoms with van der Waals surface area (Å²) in [6.07, 6.45) is 7.24. The molecule has 0 aromatic carbocycles. The van der Waals surface area contributed by atoms with Gasteiger partial charge >= 0.3 is 0 Å². The van der Waals surface area contributed by atoms with Gasteiger partial charge in [0.05, 0.1) is 17.6 Å². The van der Waals surface area contributed by atoms with Gasteiger partial charge in [0.25, 0.3) is 0 Å². The van der Waals surface area contributed by atoms with Crippen LogP contribution in [0.1, 0.15) is 6.04 Å². The number of nitrogens with zero attached hydrogens (tertiary/aromatic N) is 7. The van der Waals surface area contributed by atoms with Gasteiger partial charge in [0.1, 0.15) is 12.1 Å². The van der Waals surface area contributed by atoms with Gasteiger partial charge in [-0.1, -0.05) is 0 Å². The highest BCUT2D eigenvalue weighted by Gasteiger charge is 2.30. The van der Waals surface area contributed by atoms with Crippen molar-refractivity contribution in [2.24, 2.45) is 7.05 Å². The average molecular weight is 255 g/mol. The Morgan fingerprint density at radius 3 is 2.89 bits per heavy atom. The van der Waals surface area contributed by atoms with E-state index in [2.05, 4.69) is 25.1 Å². The van der Waals surface area contributed by atoms with Crippen molar-refractivity contribution in [3.8, 4) is 0 Å². The molecule has 7 heteroatoms. The third-order valence-corrected chi connectivity index (χ3v) is 3.57. The molecule has 0 bridgehead atoms. The predicted octanol–water partition coefficient (Wildman–Crippen LogP) is 0.621. The van der Waals surface area contributed by atoms with Gasteiger partial charge in [-0.05, 0) is 6.07 Å². The summed E-state index contributed by atoms with van der Waals surface area (Å²) in [5.41, 5.74) is 0.868. The Kier molecular flexibility index (Phi) is 2.08. The molecule has 7 nitrogen and oxygen atoms in total. The molecule has 19 heavy (non-hydrogen) atoms. The minimum Gasteiger partial charge on any atom is -0.351 e. The van der Waals surface area contributed by atoms with Crippen LogP contribution in [-0.2, 0) is 7.05 Å². The molecule has 96 valence electrons. The molecule has 3 aromatic heterocycles. The summed E-state index contributed by atoms with van der Waals surface area (Å²) < 4.78 is 3.77. The Labute approximate surface area is 109 Å². The largest absolute Gasteiger partial charge is 0.351 e. The maximum atomic E-state index is 4.39. The smallest absolute Gasteiger partial charge is 0.163 e. The fourth-order valence-electron chi connectivity index (χ4n) is 2.49. The molecule has 0 aliphatic carbocycles. The highest BCUT2D eigenvalue weighted by molar-refractivity contribution is 5.87. The fourth-order valence-corrected chi connectivity index (χ4v) is 2.49. The second kappa shape index (κ2) is 3.78. The Hall–Kier alpha value is -2.44. The van der Waals surface area contributed by atoms with Gasteiger partial charge < -0.3 is 4.90 Å². The lowest BCUT2D eigenvalue weighted by molar-refractivity contribution is 0.366. The summed E-state index contributed by atoms with van der Waals surface area (Å²) in [4.78, 5) is 10.9. The van der Waals surface area contributed by atoms with E-state index in [9.17, 15) is 0 Å². The first-order chi connectivity index (χ1) is 9.33. The van der Waals surface area contributed by atoms with E-state index >= 15 is 0 Å². The Morgan fingerprint density at radius 1 is 1.21 bits per heavy atom.